The number of nitrogens with one attached hydrogen (secondary N) is 1. The number of halogens is 3. The lowest BCUT2D eigenvalue weighted by Crippen LogP contribution is -2.06. The molecule has 1 heterocycles. The molecule has 0 spiro atoms. The summed E-state index contributed by atoms with van der Waals surface area (Å²) in [5.74, 6) is 0. The van der Waals surface area contributed by atoms with Crippen LogP contribution in [0.5, 0.6) is 0 Å². The van der Waals surface area contributed by atoms with Crippen LogP contribution in [0.25, 0.3) is 0 Å². The zero-order valence-electron chi connectivity index (χ0n) is 10.4. The molecule has 0 aliphatic rings. The van der Waals surface area contributed by atoms with E-state index >= 15 is 0 Å². The molecule has 20 heavy (non-hydrogen) atoms. The minimum Gasteiger partial charge on any atom is -0.355 e. The summed E-state index contributed by atoms with van der Waals surface area (Å²) in [6, 6.07) is 8.65. The third-order valence-corrected chi connectivity index (χ3v) is 3.64. The molecule has 104 valence electrons. The van der Waals surface area contributed by atoms with Crippen LogP contribution in [0.4, 0.5) is 18.3 Å². The van der Waals surface area contributed by atoms with Crippen molar-refractivity contribution in [2.75, 3.05) is 5.32 Å². The normalized spacial score (nSPS) is 12.8. The predicted octanol–water partition coefficient (Wildman–Crippen LogP) is 4.21. The molecule has 1 atom stereocenters. The number of benzene rings is 1. The van der Waals surface area contributed by atoms with E-state index in [0.717, 1.165) is 11.8 Å². The fourth-order valence-corrected chi connectivity index (χ4v) is 2.36. The second kappa shape index (κ2) is 5.51. The number of hydrogen-bond acceptors (Lipinski definition) is 4. The van der Waals surface area contributed by atoms with Crippen molar-refractivity contribution < 1.29 is 13.2 Å². The maximum absolute atomic E-state index is 12.5. The zero-order chi connectivity index (χ0) is 14.8. The monoisotopic (exact) mass is 297 g/mol. The third-order valence-electron chi connectivity index (χ3n) is 2.66. The van der Waals surface area contributed by atoms with Crippen molar-refractivity contribution in [1.29, 1.82) is 5.26 Å². The molecule has 2 aromatic rings. The summed E-state index contributed by atoms with van der Waals surface area (Å²) in [6.07, 6.45) is -3.55. The molecule has 2 rings (SSSR count). The highest BCUT2D eigenvalue weighted by atomic mass is 32.1. The van der Waals surface area contributed by atoms with E-state index in [2.05, 4.69) is 10.3 Å². The van der Waals surface area contributed by atoms with Crippen molar-refractivity contribution in [2.45, 2.75) is 19.1 Å². The van der Waals surface area contributed by atoms with Crippen LogP contribution in [0.15, 0.2) is 30.5 Å². The van der Waals surface area contributed by atoms with Gasteiger partial charge in [0, 0.05) is 0 Å². The largest absolute Gasteiger partial charge is 0.427 e. The van der Waals surface area contributed by atoms with E-state index in [1.807, 2.05) is 13.0 Å². The smallest absolute Gasteiger partial charge is 0.355 e. The van der Waals surface area contributed by atoms with Crippen molar-refractivity contribution in [2.24, 2.45) is 0 Å². The molecule has 1 N–H and O–H groups in total. The van der Waals surface area contributed by atoms with E-state index in [0.29, 0.717) is 16.9 Å². The molecule has 0 saturated heterocycles. The van der Waals surface area contributed by atoms with Crippen LogP contribution in [0.3, 0.4) is 0 Å². The van der Waals surface area contributed by atoms with Gasteiger partial charge in [-0.15, -0.1) is 0 Å². The molecule has 1 aromatic heterocycles. The van der Waals surface area contributed by atoms with Crippen LogP contribution in [-0.2, 0) is 6.18 Å². The number of aromatic nitrogens is 1. The summed E-state index contributed by atoms with van der Waals surface area (Å²) in [5, 5.41) is 11.8. The molecule has 0 saturated carbocycles. The molecule has 3 nitrogen and oxygen atoms in total. The van der Waals surface area contributed by atoms with Crippen molar-refractivity contribution >= 4 is 16.5 Å². The van der Waals surface area contributed by atoms with Gasteiger partial charge in [0.1, 0.15) is 4.88 Å². The maximum atomic E-state index is 12.5. The number of rotatable bonds is 3. The third kappa shape index (κ3) is 3.27. The zero-order valence-corrected chi connectivity index (χ0v) is 11.2. The van der Waals surface area contributed by atoms with Gasteiger partial charge < -0.3 is 5.32 Å². The van der Waals surface area contributed by atoms with Crippen LogP contribution in [0, 0.1) is 11.3 Å². The molecular formula is C13H10F3N3S. The second-order valence-electron chi connectivity index (χ2n) is 4.13. The summed E-state index contributed by atoms with van der Waals surface area (Å²) in [6.45, 7) is 1.82. The number of anilines is 1. The number of nitrogens with zero attached hydrogens (tertiary/aromatic N) is 2. The second-order valence-corrected chi connectivity index (χ2v) is 5.16. The summed E-state index contributed by atoms with van der Waals surface area (Å²) in [7, 11) is 0. The molecule has 1 aromatic carbocycles. The summed E-state index contributed by atoms with van der Waals surface area (Å²) in [5.41, 5.74) is 1.40. The summed E-state index contributed by atoms with van der Waals surface area (Å²) in [4.78, 5) is 2.99. The molecule has 0 aliphatic heterocycles. The highest BCUT2D eigenvalue weighted by Gasteiger charge is 2.33. The Morgan fingerprint density at radius 3 is 2.45 bits per heavy atom. The van der Waals surface area contributed by atoms with Crippen molar-refractivity contribution in [3.8, 4) is 6.07 Å². The molecular weight excluding hydrogens is 287 g/mol. The Balaban J connectivity index is 2.09. The number of hydrogen-bond donors (Lipinski definition) is 1. The molecule has 0 aliphatic carbocycles. The first-order valence-electron chi connectivity index (χ1n) is 5.70. The maximum Gasteiger partial charge on any atom is 0.427 e. The van der Waals surface area contributed by atoms with Gasteiger partial charge >= 0.3 is 6.18 Å². The average Bonchev–Trinajstić information content (AvgIpc) is 2.87. The van der Waals surface area contributed by atoms with E-state index in [4.69, 9.17) is 5.26 Å². The van der Waals surface area contributed by atoms with E-state index < -0.39 is 11.1 Å². The summed E-state index contributed by atoms with van der Waals surface area (Å²) < 4.78 is 37.4. The Hall–Kier alpha value is -2.07. The first-order valence-corrected chi connectivity index (χ1v) is 6.51. The van der Waals surface area contributed by atoms with Crippen molar-refractivity contribution in [3.05, 3.63) is 46.5 Å². The van der Waals surface area contributed by atoms with Crippen LogP contribution in [0.1, 0.15) is 29.0 Å². The SMILES string of the molecule is CC(Nc1ncc(C(F)(F)F)s1)c1ccc(C#N)cc1. The minimum absolute atomic E-state index is 0.199. The van der Waals surface area contributed by atoms with Gasteiger partial charge in [0.15, 0.2) is 5.13 Å². The van der Waals surface area contributed by atoms with Crippen molar-refractivity contribution in [1.82, 2.24) is 4.98 Å². The molecule has 0 bridgehead atoms. The molecule has 0 fully saturated rings. The topological polar surface area (TPSA) is 48.7 Å². The minimum atomic E-state index is -4.37. The quantitative estimate of drug-likeness (QED) is 0.923. The first-order chi connectivity index (χ1) is 9.40. The summed E-state index contributed by atoms with van der Waals surface area (Å²) >= 11 is 0.571. The van der Waals surface area contributed by atoms with Gasteiger partial charge in [0.2, 0.25) is 0 Å². The van der Waals surface area contributed by atoms with Gasteiger partial charge in [-0.1, -0.05) is 23.5 Å². The highest BCUT2D eigenvalue weighted by molar-refractivity contribution is 7.15. The number of thiazole rings is 1. The fraction of sp³-hybridized carbons (Fsp3) is 0.231. The lowest BCUT2D eigenvalue weighted by atomic mass is 10.1. The molecule has 1 unspecified atom stereocenters. The predicted molar refractivity (Wildman–Crippen MR) is 70.3 cm³/mol. The van der Waals surface area contributed by atoms with Gasteiger partial charge in [-0.25, -0.2) is 4.98 Å². The lowest BCUT2D eigenvalue weighted by Gasteiger charge is -2.13. The van der Waals surface area contributed by atoms with Crippen LogP contribution in [0.2, 0.25) is 0 Å². The average molecular weight is 297 g/mol. The Morgan fingerprint density at radius 1 is 1.30 bits per heavy atom. The van der Waals surface area contributed by atoms with E-state index in [9.17, 15) is 13.2 Å². The Labute approximate surface area is 117 Å². The van der Waals surface area contributed by atoms with Gasteiger partial charge in [-0.05, 0) is 24.6 Å². The number of nitriles is 1. The van der Waals surface area contributed by atoms with Crippen LogP contribution in [-0.4, -0.2) is 4.98 Å². The Kier molecular flexibility index (Phi) is 3.95. The van der Waals surface area contributed by atoms with E-state index in [1.54, 1.807) is 24.3 Å². The number of alkyl halides is 3. The molecule has 7 heteroatoms. The Bertz CT molecular complexity index is 626. The van der Waals surface area contributed by atoms with E-state index in [-0.39, 0.29) is 11.2 Å². The fourth-order valence-electron chi connectivity index (χ4n) is 1.59. The van der Waals surface area contributed by atoms with Gasteiger partial charge in [-0.3, -0.25) is 0 Å². The Morgan fingerprint density at radius 2 is 1.95 bits per heavy atom. The standard InChI is InChI=1S/C13H10F3N3S/c1-8(10-4-2-9(6-17)3-5-10)19-12-18-7-11(20-12)13(14,15)16/h2-5,7-8H,1H3,(H,18,19). The molecule has 0 amide bonds. The lowest BCUT2D eigenvalue weighted by molar-refractivity contribution is -0.134. The van der Waals surface area contributed by atoms with Gasteiger partial charge in [-0.2, -0.15) is 18.4 Å². The van der Waals surface area contributed by atoms with Gasteiger partial charge in [0.05, 0.1) is 23.9 Å². The van der Waals surface area contributed by atoms with Gasteiger partial charge in [0.25, 0.3) is 0 Å². The van der Waals surface area contributed by atoms with Crippen molar-refractivity contribution in [3.63, 3.8) is 0 Å². The van der Waals surface area contributed by atoms with Crippen LogP contribution < -0.4 is 5.32 Å². The first kappa shape index (κ1) is 14.3. The highest BCUT2D eigenvalue weighted by Crippen LogP contribution is 2.35. The van der Waals surface area contributed by atoms with Crippen LogP contribution >= 0.6 is 11.3 Å². The van der Waals surface area contributed by atoms with E-state index in [1.165, 1.54) is 0 Å². The molecule has 0 radical (unpaired) electrons.